The van der Waals surface area contributed by atoms with Crippen molar-refractivity contribution in [2.45, 2.75) is 19.8 Å². The monoisotopic (exact) mass is 243 g/mol. The lowest BCUT2D eigenvalue weighted by atomic mass is 10.0. The van der Waals surface area contributed by atoms with Crippen LogP contribution in [0.2, 0.25) is 0 Å². The van der Waals surface area contributed by atoms with Crippen molar-refractivity contribution in [2.24, 2.45) is 0 Å². The topological polar surface area (TPSA) is 40.5 Å². The minimum Gasteiger partial charge on any atom is -0.506 e. The molecule has 94 valence electrons. The standard InChI is InChI=1S/C15H17NO2/c1-2-3-4-10-14(18)16-11-6-8-12-7-5-9-13(17)15(12)16/h2-5,7,9-10,17H,6,8,11H2,1H3. The van der Waals surface area contributed by atoms with Crippen molar-refractivity contribution in [3.63, 3.8) is 0 Å². The Morgan fingerprint density at radius 3 is 3.00 bits per heavy atom. The first-order valence-electron chi connectivity index (χ1n) is 6.15. The second-order valence-electron chi connectivity index (χ2n) is 4.26. The van der Waals surface area contributed by atoms with Gasteiger partial charge in [-0.15, -0.1) is 0 Å². The number of carbonyl (C=O) groups excluding carboxylic acids is 1. The molecule has 0 atom stereocenters. The van der Waals surface area contributed by atoms with Crippen LogP contribution in [-0.2, 0) is 11.2 Å². The van der Waals surface area contributed by atoms with E-state index in [9.17, 15) is 9.90 Å². The average molecular weight is 243 g/mol. The van der Waals surface area contributed by atoms with Crippen LogP contribution < -0.4 is 4.90 Å². The molecule has 0 bridgehead atoms. The van der Waals surface area contributed by atoms with E-state index >= 15 is 0 Å². The molecule has 1 amide bonds. The third-order valence-electron chi connectivity index (χ3n) is 3.00. The minimum atomic E-state index is -0.0875. The van der Waals surface area contributed by atoms with Crippen LogP contribution in [-0.4, -0.2) is 17.6 Å². The lowest BCUT2D eigenvalue weighted by Gasteiger charge is -2.29. The number of rotatable bonds is 2. The maximum atomic E-state index is 12.1. The molecule has 1 aliphatic heterocycles. The van der Waals surface area contributed by atoms with Crippen LogP contribution in [0.25, 0.3) is 0 Å². The third kappa shape index (κ3) is 2.45. The van der Waals surface area contributed by atoms with Crippen molar-refractivity contribution in [1.29, 1.82) is 0 Å². The highest BCUT2D eigenvalue weighted by Crippen LogP contribution is 2.35. The van der Waals surface area contributed by atoms with Crippen LogP contribution >= 0.6 is 0 Å². The molecule has 0 aromatic heterocycles. The molecule has 1 aliphatic rings. The van der Waals surface area contributed by atoms with E-state index in [1.807, 2.05) is 31.2 Å². The van der Waals surface area contributed by atoms with Crippen LogP contribution in [0.5, 0.6) is 5.75 Å². The van der Waals surface area contributed by atoms with Crippen LogP contribution in [0.1, 0.15) is 18.9 Å². The van der Waals surface area contributed by atoms with Gasteiger partial charge in [0.05, 0.1) is 5.69 Å². The number of aromatic hydroxyl groups is 1. The number of carbonyl (C=O) groups is 1. The van der Waals surface area contributed by atoms with Crippen molar-refractivity contribution in [2.75, 3.05) is 11.4 Å². The SMILES string of the molecule is CC=CC=CC(=O)N1CCCc2cccc(O)c21. The number of para-hydroxylation sites is 1. The molecule has 0 aliphatic carbocycles. The number of phenols is 1. The lowest BCUT2D eigenvalue weighted by molar-refractivity contribution is -0.114. The van der Waals surface area contributed by atoms with Gasteiger partial charge in [-0.25, -0.2) is 0 Å². The molecule has 0 spiro atoms. The molecule has 1 heterocycles. The molecular weight excluding hydrogens is 226 g/mol. The van der Waals surface area contributed by atoms with E-state index in [0.29, 0.717) is 12.2 Å². The Morgan fingerprint density at radius 1 is 1.39 bits per heavy atom. The molecule has 0 saturated carbocycles. The summed E-state index contributed by atoms with van der Waals surface area (Å²) < 4.78 is 0. The smallest absolute Gasteiger partial charge is 0.251 e. The number of phenolic OH excluding ortho intramolecular Hbond substituents is 1. The number of allylic oxidation sites excluding steroid dienone is 3. The van der Waals surface area contributed by atoms with Gasteiger partial charge in [-0.2, -0.15) is 0 Å². The first-order chi connectivity index (χ1) is 8.74. The molecular formula is C15H17NO2. The Hall–Kier alpha value is -2.03. The van der Waals surface area contributed by atoms with Gasteiger partial charge < -0.3 is 10.0 Å². The fraction of sp³-hybridized carbons (Fsp3) is 0.267. The molecule has 3 heteroatoms. The minimum absolute atomic E-state index is 0.0875. The molecule has 2 rings (SSSR count). The van der Waals surface area contributed by atoms with Gasteiger partial charge in [0.15, 0.2) is 0 Å². The normalized spacial score (nSPS) is 15.3. The van der Waals surface area contributed by atoms with E-state index in [0.717, 1.165) is 18.4 Å². The summed E-state index contributed by atoms with van der Waals surface area (Å²) in [6, 6.07) is 5.40. The summed E-state index contributed by atoms with van der Waals surface area (Å²) in [5.41, 5.74) is 1.70. The van der Waals surface area contributed by atoms with E-state index < -0.39 is 0 Å². The largest absolute Gasteiger partial charge is 0.506 e. The molecule has 1 aromatic carbocycles. The average Bonchev–Trinajstić information content (AvgIpc) is 2.38. The highest BCUT2D eigenvalue weighted by atomic mass is 16.3. The Bertz CT molecular complexity index is 503. The second kappa shape index (κ2) is 5.54. The molecule has 0 saturated heterocycles. The Balaban J connectivity index is 2.30. The van der Waals surface area contributed by atoms with E-state index in [4.69, 9.17) is 0 Å². The first kappa shape index (κ1) is 12.4. The quantitative estimate of drug-likeness (QED) is 0.641. The third-order valence-corrected chi connectivity index (χ3v) is 3.00. The maximum absolute atomic E-state index is 12.1. The summed E-state index contributed by atoms with van der Waals surface area (Å²) in [7, 11) is 0. The van der Waals surface area contributed by atoms with Gasteiger partial charge in [0.2, 0.25) is 0 Å². The Morgan fingerprint density at radius 2 is 2.22 bits per heavy atom. The summed E-state index contributed by atoms with van der Waals surface area (Å²) >= 11 is 0. The number of aryl methyl sites for hydroxylation is 1. The maximum Gasteiger partial charge on any atom is 0.251 e. The van der Waals surface area contributed by atoms with Crippen molar-refractivity contribution < 1.29 is 9.90 Å². The zero-order valence-corrected chi connectivity index (χ0v) is 10.5. The number of amides is 1. The van der Waals surface area contributed by atoms with Crippen LogP contribution in [0.15, 0.2) is 42.5 Å². The van der Waals surface area contributed by atoms with Gasteiger partial charge in [-0.05, 0) is 31.4 Å². The molecule has 0 radical (unpaired) electrons. The Kier molecular flexibility index (Phi) is 3.82. The van der Waals surface area contributed by atoms with E-state index in [1.54, 1.807) is 17.0 Å². The van der Waals surface area contributed by atoms with Crippen molar-refractivity contribution in [1.82, 2.24) is 0 Å². The van der Waals surface area contributed by atoms with Crippen LogP contribution in [0.3, 0.4) is 0 Å². The zero-order valence-electron chi connectivity index (χ0n) is 10.5. The predicted molar refractivity (Wildman–Crippen MR) is 72.7 cm³/mol. The van der Waals surface area contributed by atoms with E-state index in [-0.39, 0.29) is 11.7 Å². The molecule has 1 N–H and O–H groups in total. The van der Waals surface area contributed by atoms with Crippen molar-refractivity contribution in [3.8, 4) is 5.75 Å². The summed E-state index contributed by atoms with van der Waals surface area (Å²) in [6.45, 7) is 2.56. The zero-order chi connectivity index (χ0) is 13.0. The number of nitrogens with zero attached hydrogens (tertiary/aromatic N) is 1. The van der Waals surface area contributed by atoms with Gasteiger partial charge >= 0.3 is 0 Å². The van der Waals surface area contributed by atoms with Crippen molar-refractivity contribution >= 4 is 11.6 Å². The van der Waals surface area contributed by atoms with Crippen molar-refractivity contribution in [3.05, 3.63) is 48.1 Å². The second-order valence-corrected chi connectivity index (χ2v) is 4.26. The van der Waals surface area contributed by atoms with E-state index in [1.165, 1.54) is 6.08 Å². The number of hydrogen-bond acceptors (Lipinski definition) is 2. The number of benzene rings is 1. The Labute approximate surface area is 107 Å². The number of anilines is 1. The predicted octanol–water partition coefficient (Wildman–Crippen LogP) is 2.80. The van der Waals surface area contributed by atoms with E-state index in [2.05, 4.69) is 0 Å². The number of fused-ring (bicyclic) bond motifs is 1. The van der Waals surface area contributed by atoms with Crippen LogP contribution in [0.4, 0.5) is 5.69 Å². The van der Waals surface area contributed by atoms with Gasteiger partial charge in [-0.3, -0.25) is 4.79 Å². The molecule has 1 aromatic rings. The first-order valence-corrected chi connectivity index (χ1v) is 6.15. The lowest BCUT2D eigenvalue weighted by Crippen LogP contribution is -2.34. The van der Waals surface area contributed by atoms with Gasteiger partial charge in [0.1, 0.15) is 5.75 Å². The highest BCUT2D eigenvalue weighted by Gasteiger charge is 2.23. The van der Waals surface area contributed by atoms with Gasteiger partial charge in [0, 0.05) is 12.6 Å². The van der Waals surface area contributed by atoms with Gasteiger partial charge in [0.25, 0.3) is 5.91 Å². The summed E-state index contributed by atoms with van der Waals surface area (Å²) in [5, 5.41) is 9.92. The van der Waals surface area contributed by atoms with Crippen LogP contribution in [0, 0.1) is 0 Å². The highest BCUT2D eigenvalue weighted by molar-refractivity contribution is 6.03. The summed E-state index contributed by atoms with van der Waals surface area (Å²) in [5.74, 6) is 0.0931. The fourth-order valence-electron chi connectivity index (χ4n) is 2.19. The van der Waals surface area contributed by atoms with Gasteiger partial charge in [-0.1, -0.05) is 30.4 Å². The summed E-state index contributed by atoms with van der Waals surface area (Å²) in [4.78, 5) is 13.7. The molecule has 0 unspecified atom stereocenters. The summed E-state index contributed by atoms with van der Waals surface area (Å²) in [6.07, 6.45) is 8.77. The fourth-order valence-corrected chi connectivity index (χ4v) is 2.19. The molecule has 0 fully saturated rings. The molecule has 18 heavy (non-hydrogen) atoms. The number of hydrogen-bond donors (Lipinski definition) is 1. The molecule has 3 nitrogen and oxygen atoms in total.